The minimum atomic E-state index is 0.229. The first-order valence-electron chi connectivity index (χ1n) is 8.26. The van der Waals surface area contributed by atoms with Crippen LogP contribution in [0, 0.1) is 12.8 Å². The highest BCUT2D eigenvalue weighted by molar-refractivity contribution is 8.00. The molecular weight excluding hydrogens is 290 g/mol. The van der Waals surface area contributed by atoms with Crippen LogP contribution in [0.15, 0.2) is 30.3 Å². The number of aromatic nitrogens is 1. The van der Waals surface area contributed by atoms with Crippen molar-refractivity contribution in [1.82, 2.24) is 4.98 Å². The second-order valence-corrected chi connectivity index (χ2v) is 8.31. The molecule has 0 aliphatic carbocycles. The van der Waals surface area contributed by atoms with E-state index in [0.29, 0.717) is 16.3 Å². The van der Waals surface area contributed by atoms with Gasteiger partial charge in [-0.05, 0) is 56.9 Å². The number of thioether (sulfide) groups is 1. The summed E-state index contributed by atoms with van der Waals surface area (Å²) < 4.78 is 0. The lowest BCUT2D eigenvalue weighted by atomic mass is 9.84. The van der Waals surface area contributed by atoms with Gasteiger partial charge in [-0.1, -0.05) is 12.5 Å². The minimum Gasteiger partial charge on any atom is -0.294 e. The predicted octanol–water partition coefficient (Wildman–Crippen LogP) is 4.79. The topological polar surface area (TPSA) is 30.0 Å². The van der Waals surface area contributed by atoms with Gasteiger partial charge in [-0.2, -0.15) is 11.8 Å². The highest BCUT2D eigenvalue weighted by atomic mass is 32.2. The third-order valence-electron chi connectivity index (χ3n) is 5.02. The smallest absolute Gasteiger partial charge is 0.166 e. The van der Waals surface area contributed by atoms with Crippen molar-refractivity contribution < 1.29 is 4.79 Å². The van der Waals surface area contributed by atoms with Crippen molar-refractivity contribution in [3.05, 3.63) is 41.6 Å². The van der Waals surface area contributed by atoms with E-state index in [9.17, 15) is 4.79 Å². The Kier molecular flexibility index (Phi) is 3.69. The Morgan fingerprint density at radius 3 is 2.68 bits per heavy atom. The fourth-order valence-corrected chi connectivity index (χ4v) is 5.73. The number of pyridine rings is 1. The largest absolute Gasteiger partial charge is 0.294 e. The molecule has 0 amide bonds. The van der Waals surface area contributed by atoms with Crippen LogP contribution in [0.25, 0.3) is 10.9 Å². The van der Waals surface area contributed by atoms with Crippen LogP contribution in [0.1, 0.15) is 48.2 Å². The molecule has 114 valence electrons. The van der Waals surface area contributed by atoms with Crippen molar-refractivity contribution in [1.29, 1.82) is 0 Å². The van der Waals surface area contributed by atoms with Crippen molar-refractivity contribution in [2.45, 2.75) is 49.5 Å². The van der Waals surface area contributed by atoms with Gasteiger partial charge in [0.1, 0.15) is 0 Å². The summed E-state index contributed by atoms with van der Waals surface area (Å²) in [6.07, 6.45) is 6.09. The number of carbonyl (C=O) groups excluding carboxylic acids is 1. The standard InChI is InChI=1S/C19H21NOS/c1-12-5-6-13-9-14(7-8-18(13)20-12)19(21)15-10-16-3-2-4-17(11-15)22-16/h5-9,15-17H,2-4,10-11H2,1H3. The second-order valence-electron chi connectivity index (χ2n) is 6.70. The van der Waals surface area contributed by atoms with Crippen LogP contribution in [0.3, 0.4) is 0 Å². The fourth-order valence-electron chi connectivity index (χ4n) is 3.89. The van der Waals surface area contributed by atoms with Crippen molar-refractivity contribution in [2.24, 2.45) is 5.92 Å². The van der Waals surface area contributed by atoms with Crippen LogP contribution in [-0.2, 0) is 0 Å². The Balaban J connectivity index is 1.61. The maximum absolute atomic E-state index is 12.9. The van der Waals surface area contributed by atoms with Gasteiger partial charge in [0.05, 0.1) is 5.52 Å². The first-order chi connectivity index (χ1) is 10.7. The number of Topliss-reactive ketones (excluding diaryl/α,β-unsaturated/α-hetero) is 1. The van der Waals surface area contributed by atoms with Gasteiger partial charge >= 0.3 is 0 Å². The quantitative estimate of drug-likeness (QED) is 0.747. The molecule has 3 heterocycles. The third-order valence-corrected chi connectivity index (χ3v) is 6.64. The normalized spacial score (nSPS) is 27.8. The molecule has 0 N–H and O–H groups in total. The number of ketones is 1. The van der Waals surface area contributed by atoms with Gasteiger partial charge in [0.2, 0.25) is 0 Å². The summed E-state index contributed by atoms with van der Waals surface area (Å²) in [5.41, 5.74) is 2.87. The van der Waals surface area contributed by atoms with Crippen LogP contribution >= 0.6 is 11.8 Å². The maximum atomic E-state index is 12.9. The van der Waals surface area contributed by atoms with E-state index in [1.54, 1.807) is 0 Å². The Morgan fingerprint density at radius 1 is 1.14 bits per heavy atom. The number of nitrogens with zero attached hydrogens (tertiary/aromatic N) is 1. The third kappa shape index (κ3) is 2.67. The summed E-state index contributed by atoms with van der Waals surface area (Å²) in [6.45, 7) is 2.00. The van der Waals surface area contributed by atoms with E-state index < -0.39 is 0 Å². The molecular formula is C19H21NOS. The average molecular weight is 311 g/mol. The molecule has 0 saturated carbocycles. The minimum absolute atomic E-state index is 0.229. The molecule has 1 aromatic heterocycles. The first kappa shape index (κ1) is 14.3. The molecule has 2 aromatic rings. The van der Waals surface area contributed by atoms with E-state index in [0.717, 1.165) is 35.0 Å². The first-order valence-corrected chi connectivity index (χ1v) is 9.20. The average Bonchev–Trinajstić information content (AvgIpc) is 2.53. The van der Waals surface area contributed by atoms with Gasteiger partial charge in [0.15, 0.2) is 5.78 Å². The van der Waals surface area contributed by atoms with Gasteiger partial charge in [-0.3, -0.25) is 9.78 Å². The summed E-state index contributed by atoms with van der Waals surface area (Å²) in [5, 5.41) is 2.50. The van der Waals surface area contributed by atoms with Crippen molar-refractivity contribution >= 4 is 28.4 Å². The Labute approximate surface area is 135 Å². The number of hydrogen-bond donors (Lipinski definition) is 0. The van der Waals surface area contributed by atoms with E-state index in [1.165, 1.54) is 19.3 Å². The van der Waals surface area contributed by atoms with Gasteiger partial charge in [-0.15, -0.1) is 0 Å². The molecule has 0 spiro atoms. The summed E-state index contributed by atoms with van der Waals surface area (Å²) in [6, 6.07) is 10.1. The molecule has 2 bridgehead atoms. The zero-order chi connectivity index (χ0) is 15.1. The zero-order valence-corrected chi connectivity index (χ0v) is 13.7. The lowest BCUT2D eigenvalue weighted by molar-refractivity contribution is 0.0897. The second kappa shape index (κ2) is 5.69. The number of hydrogen-bond acceptors (Lipinski definition) is 3. The number of fused-ring (bicyclic) bond motifs is 3. The van der Waals surface area contributed by atoms with Crippen LogP contribution in [-0.4, -0.2) is 21.3 Å². The summed E-state index contributed by atoms with van der Waals surface area (Å²) in [7, 11) is 0. The number of rotatable bonds is 2. The molecule has 0 radical (unpaired) electrons. The number of benzene rings is 1. The van der Waals surface area contributed by atoms with Crippen molar-refractivity contribution in [3.8, 4) is 0 Å². The van der Waals surface area contributed by atoms with E-state index in [-0.39, 0.29) is 5.92 Å². The van der Waals surface area contributed by atoms with Crippen LogP contribution in [0.4, 0.5) is 0 Å². The monoisotopic (exact) mass is 311 g/mol. The van der Waals surface area contributed by atoms with Crippen LogP contribution in [0.2, 0.25) is 0 Å². The molecule has 2 aliphatic rings. The fraction of sp³-hybridized carbons (Fsp3) is 0.474. The molecule has 2 aliphatic heterocycles. The lowest BCUT2D eigenvalue weighted by Crippen LogP contribution is -2.32. The van der Waals surface area contributed by atoms with Gasteiger partial charge in [0, 0.05) is 33.1 Å². The zero-order valence-electron chi connectivity index (χ0n) is 12.9. The van der Waals surface area contributed by atoms with Gasteiger partial charge in [0.25, 0.3) is 0 Å². The summed E-state index contributed by atoms with van der Waals surface area (Å²) >= 11 is 2.13. The van der Waals surface area contributed by atoms with E-state index in [1.807, 2.05) is 31.2 Å². The Hall–Kier alpha value is -1.35. The Bertz CT molecular complexity index is 714. The van der Waals surface area contributed by atoms with Crippen LogP contribution < -0.4 is 0 Å². The number of aryl methyl sites for hydroxylation is 1. The number of carbonyl (C=O) groups is 1. The molecule has 1 aromatic carbocycles. The molecule has 4 rings (SSSR count). The van der Waals surface area contributed by atoms with Crippen molar-refractivity contribution in [2.75, 3.05) is 0 Å². The van der Waals surface area contributed by atoms with E-state index >= 15 is 0 Å². The molecule has 22 heavy (non-hydrogen) atoms. The maximum Gasteiger partial charge on any atom is 0.166 e. The SMILES string of the molecule is Cc1ccc2cc(C(=O)C3CC4CCCC(C3)S4)ccc2n1. The highest BCUT2D eigenvalue weighted by Gasteiger charge is 2.35. The van der Waals surface area contributed by atoms with Crippen molar-refractivity contribution in [3.63, 3.8) is 0 Å². The molecule has 2 nitrogen and oxygen atoms in total. The molecule has 2 saturated heterocycles. The van der Waals surface area contributed by atoms with Gasteiger partial charge < -0.3 is 0 Å². The van der Waals surface area contributed by atoms with E-state index in [4.69, 9.17) is 0 Å². The molecule has 2 unspecified atom stereocenters. The molecule has 2 atom stereocenters. The van der Waals surface area contributed by atoms with Crippen LogP contribution in [0.5, 0.6) is 0 Å². The highest BCUT2D eigenvalue weighted by Crippen LogP contribution is 2.44. The molecule has 3 heteroatoms. The summed E-state index contributed by atoms with van der Waals surface area (Å²) in [4.78, 5) is 17.4. The van der Waals surface area contributed by atoms with E-state index in [2.05, 4.69) is 22.8 Å². The predicted molar refractivity (Wildman–Crippen MR) is 92.6 cm³/mol. The van der Waals surface area contributed by atoms with Gasteiger partial charge in [-0.25, -0.2) is 0 Å². The summed E-state index contributed by atoms with van der Waals surface area (Å²) in [5.74, 6) is 0.576. The lowest BCUT2D eigenvalue weighted by Gasteiger charge is -2.38. The Morgan fingerprint density at radius 2 is 1.91 bits per heavy atom. The molecule has 2 fully saturated rings.